The van der Waals surface area contributed by atoms with Gasteiger partial charge in [0, 0.05) is 40.8 Å². The van der Waals surface area contributed by atoms with Crippen molar-refractivity contribution >= 4 is 28.6 Å². The maximum Gasteiger partial charge on any atom is 0.259 e. The highest BCUT2D eigenvalue weighted by molar-refractivity contribution is 6.33. The molecule has 1 aliphatic carbocycles. The molecule has 4 rings (SSSR count). The Labute approximate surface area is 161 Å². The number of nitrogens with one attached hydrogen (secondary N) is 1. The molecule has 0 aliphatic heterocycles. The molecule has 0 bridgehead atoms. The fourth-order valence-corrected chi connectivity index (χ4v) is 3.83. The Bertz CT molecular complexity index is 1040. The smallest absolute Gasteiger partial charge is 0.259 e. The van der Waals surface area contributed by atoms with Crippen LogP contribution in [0.25, 0.3) is 22.2 Å². The number of fused-ring (bicyclic) bond motifs is 1. The van der Waals surface area contributed by atoms with E-state index in [9.17, 15) is 9.90 Å². The summed E-state index contributed by atoms with van der Waals surface area (Å²) in [4.78, 5) is 21.8. The van der Waals surface area contributed by atoms with Crippen LogP contribution in [0.3, 0.4) is 0 Å². The lowest BCUT2D eigenvalue weighted by Gasteiger charge is -2.26. The minimum Gasteiger partial charge on any atom is -0.393 e. The summed E-state index contributed by atoms with van der Waals surface area (Å²) in [7, 11) is 1.71. The molecule has 0 spiro atoms. The summed E-state index contributed by atoms with van der Waals surface area (Å²) in [5.41, 5.74) is 1.65. The first-order chi connectivity index (χ1) is 13.0. The molecule has 2 N–H and O–H groups in total. The molecule has 2 heterocycles. The summed E-state index contributed by atoms with van der Waals surface area (Å²) in [6.45, 7) is 0. The molecule has 6 nitrogen and oxygen atoms in total. The minimum absolute atomic E-state index is 0.152. The van der Waals surface area contributed by atoms with Gasteiger partial charge in [0.05, 0.1) is 6.10 Å². The lowest BCUT2D eigenvalue weighted by Crippen LogP contribution is -2.29. The van der Waals surface area contributed by atoms with E-state index in [2.05, 4.69) is 15.3 Å². The van der Waals surface area contributed by atoms with E-state index in [0.29, 0.717) is 27.7 Å². The molecule has 0 atom stereocenters. The lowest BCUT2D eigenvalue weighted by molar-refractivity contribution is 0.126. The molecule has 3 aromatic rings. The molecule has 1 aromatic carbocycles. The fourth-order valence-electron chi connectivity index (χ4n) is 3.59. The zero-order chi connectivity index (χ0) is 19.0. The minimum atomic E-state index is -0.204. The molecule has 0 radical (unpaired) electrons. The second-order valence-corrected chi connectivity index (χ2v) is 7.43. The highest BCUT2D eigenvalue weighted by atomic mass is 35.5. The molecule has 2 aromatic heterocycles. The van der Waals surface area contributed by atoms with Gasteiger partial charge in [0.1, 0.15) is 5.65 Å². The monoisotopic (exact) mass is 384 g/mol. The molecular weight excluding hydrogens is 364 g/mol. The van der Waals surface area contributed by atoms with Crippen molar-refractivity contribution in [1.82, 2.24) is 14.5 Å². The molecule has 1 saturated carbocycles. The predicted molar refractivity (Wildman–Crippen MR) is 107 cm³/mol. The van der Waals surface area contributed by atoms with Gasteiger partial charge in [-0.25, -0.2) is 4.98 Å². The largest absolute Gasteiger partial charge is 0.393 e. The van der Waals surface area contributed by atoms with E-state index < -0.39 is 0 Å². The average molecular weight is 385 g/mol. The van der Waals surface area contributed by atoms with Crippen LogP contribution in [-0.2, 0) is 7.05 Å². The first kappa shape index (κ1) is 17.9. The van der Waals surface area contributed by atoms with Crippen molar-refractivity contribution in [1.29, 1.82) is 0 Å². The second kappa shape index (κ2) is 7.29. The quantitative estimate of drug-likeness (QED) is 0.723. The molecular formula is C20H21ClN4O2. The summed E-state index contributed by atoms with van der Waals surface area (Å²) in [5, 5.41) is 14.3. The zero-order valence-corrected chi connectivity index (χ0v) is 15.8. The number of benzene rings is 1. The third kappa shape index (κ3) is 3.55. The Morgan fingerprint density at radius 1 is 1.19 bits per heavy atom. The second-order valence-electron chi connectivity index (χ2n) is 7.02. The summed E-state index contributed by atoms with van der Waals surface area (Å²) in [5.74, 6) is 0.504. The van der Waals surface area contributed by atoms with Gasteiger partial charge < -0.3 is 10.4 Å². The van der Waals surface area contributed by atoms with Gasteiger partial charge in [0.2, 0.25) is 5.95 Å². The zero-order valence-electron chi connectivity index (χ0n) is 15.0. The van der Waals surface area contributed by atoms with E-state index >= 15 is 0 Å². The number of anilines is 1. The maximum absolute atomic E-state index is 12.9. The van der Waals surface area contributed by atoms with Crippen LogP contribution in [-0.4, -0.2) is 31.8 Å². The van der Waals surface area contributed by atoms with Gasteiger partial charge in [0.25, 0.3) is 5.56 Å². The van der Waals surface area contributed by atoms with Crippen LogP contribution in [0.1, 0.15) is 25.7 Å². The summed E-state index contributed by atoms with van der Waals surface area (Å²) < 4.78 is 1.53. The van der Waals surface area contributed by atoms with Gasteiger partial charge in [-0.2, -0.15) is 4.98 Å². The molecule has 27 heavy (non-hydrogen) atoms. The van der Waals surface area contributed by atoms with E-state index in [1.807, 2.05) is 18.2 Å². The Hall–Kier alpha value is -2.44. The number of halogens is 1. The van der Waals surface area contributed by atoms with E-state index in [1.165, 1.54) is 4.57 Å². The average Bonchev–Trinajstić information content (AvgIpc) is 2.67. The third-order valence-corrected chi connectivity index (χ3v) is 5.47. The van der Waals surface area contributed by atoms with Crippen LogP contribution >= 0.6 is 11.6 Å². The van der Waals surface area contributed by atoms with Gasteiger partial charge in [-0.3, -0.25) is 9.36 Å². The number of hydrogen-bond acceptors (Lipinski definition) is 5. The van der Waals surface area contributed by atoms with E-state index in [-0.39, 0.29) is 17.7 Å². The lowest BCUT2D eigenvalue weighted by atomic mass is 9.93. The molecule has 1 aliphatic rings. The van der Waals surface area contributed by atoms with Crippen LogP contribution < -0.4 is 10.9 Å². The summed E-state index contributed by atoms with van der Waals surface area (Å²) in [6, 6.07) is 9.33. The van der Waals surface area contributed by atoms with E-state index in [1.54, 1.807) is 25.4 Å². The number of aliphatic hydroxyl groups is 1. The first-order valence-electron chi connectivity index (χ1n) is 9.09. The van der Waals surface area contributed by atoms with E-state index in [0.717, 1.165) is 31.1 Å². The Morgan fingerprint density at radius 2 is 1.93 bits per heavy atom. The van der Waals surface area contributed by atoms with Crippen LogP contribution in [0.5, 0.6) is 0 Å². The number of pyridine rings is 1. The van der Waals surface area contributed by atoms with Gasteiger partial charge >= 0.3 is 0 Å². The van der Waals surface area contributed by atoms with Gasteiger partial charge in [-0.05, 0) is 37.8 Å². The van der Waals surface area contributed by atoms with Gasteiger partial charge in [-0.15, -0.1) is 0 Å². The highest BCUT2D eigenvalue weighted by Crippen LogP contribution is 2.27. The molecule has 1 fully saturated rings. The Morgan fingerprint density at radius 3 is 2.67 bits per heavy atom. The molecule has 0 amide bonds. The highest BCUT2D eigenvalue weighted by Gasteiger charge is 2.20. The Kier molecular flexibility index (Phi) is 4.85. The number of aliphatic hydroxyl groups excluding tert-OH is 1. The maximum atomic E-state index is 12.9. The normalized spacial score (nSPS) is 20.0. The molecule has 140 valence electrons. The van der Waals surface area contributed by atoms with Crippen molar-refractivity contribution in [3.05, 3.63) is 51.9 Å². The van der Waals surface area contributed by atoms with E-state index in [4.69, 9.17) is 11.6 Å². The standard InChI is InChI=1S/C20H21ClN4O2/c1-25-18-12(10-16(19(25)27)15-4-2-3-5-17(15)21)11-22-20(24-18)23-13-6-8-14(26)9-7-13/h2-5,10-11,13-14,26H,6-9H2,1H3,(H,22,23,24)/t13-,14+. The molecule has 7 heteroatoms. The van der Waals surface area contributed by atoms with Crippen LogP contribution in [0, 0.1) is 0 Å². The Balaban J connectivity index is 1.71. The van der Waals surface area contributed by atoms with Crippen molar-refractivity contribution in [3.8, 4) is 11.1 Å². The molecule has 0 saturated heterocycles. The third-order valence-electron chi connectivity index (χ3n) is 5.14. The first-order valence-corrected chi connectivity index (χ1v) is 9.47. The van der Waals surface area contributed by atoms with Crippen LogP contribution in [0.4, 0.5) is 5.95 Å². The van der Waals surface area contributed by atoms with Crippen molar-refractivity contribution < 1.29 is 5.11 Å². The molecule has 0 unspecified atom stereocenters. The van der Waals surface area contributed by atoms with Crippen LogP contribution in [0.2, 0.25) is 5.02 Å². The number of hydrogen-bond donors (Lipinski definition) is 2. The van der Waals surface area contributed by atoms with Crippen molar-refractivity contribution in [2.24, 2.45) is 7.05 Å². The predicted octanol–water partition coefficient (Wildman–Crippen LogP) is 3.36. The van der Waals surface area contributed by atoms with Gasteiger partial charge in [0.15, 0.2) is 0 Å². The summed E-state index contributed by atoms with van der Waals surface area (Å²) >= 11 is 6.27. The SMILES string of the molecule is Cn1c(=O)c(-c2ccccc2Cl)cc2cnc(N[C@H]3CC[C@@H](O)CC3)nc21. The van der Waals surface area contributed by atoms with Gasteiger partial charge in [-0.1, -0.05) is 29.8 Å². The number of aryl methyl sites for hydroxylation is 1. The number of nitrogens with zero attached hydrogens (tertiary/aromatic N) is 3. The van der Waals surface area contributed by atoms with Crippen molar-refractivity contribution in [2.75, 3.05) is 5.32 Å². The number of aromatic nitrogens is 3. The summed E-state index contributed by atoms with van der Waals surface area (Å²) in [6.07, 6.45) is 4.85. The van der Waals surface area contributed by atoms with Crippen LogP contribution in [0.15, 0.2) is 41.3 Å². The number of rotatable bonds is 3. The van der Waals surface area contributed by atoms with Crippen molar-refractivity contribution in [3.63, 3.8) is 0 Å². The van der Waals surface area contributed by atoms with Crippen molar-refractivity contribution in [2.45, 2.75) is 37.8 Å². The fraction of sp³-hybridized carbons (Fsp3) is 0.350. The topological polar surface area (TPSA) is 80.0 Å².